The molecule has 1 aromatic carbocycles. The molecule has 0 saturated heterocycles. The Balaban J connectivity index is 2.37. The molecule has 1 aliphatic heterocycles. The first-order valence-electron chi connectivity index (χ1n) is 5.56. The molecule has 0 aliphatic carbocycles. The van der Waals surface area contributed by atoms with E-state index in [4.69, 9.17) is 0 Å². The van der Waals surface area contributed by atoms with Gasteiger partial charge in [0.15, 0.2) is 0 Å². The van der Waals surface area contributed by atoms with Gasteiger partial charge < -0.3 is 0 Å². The molecule has 2 heterocycles. The second-order valence-corrected chi connectivity index (χ2v) is 4.13. The molecule has 0 N–H and O–H groups in total. The monoisotopic (exact) mass is 202 g/mol. The second-order valence-electron chi connectivity index (χ2n) is 4.13. The summed E-state index contributed by atoms with van der Waals surface area (Å²) in [6.45, 7) is 1.84. The molecule has 1 aromatic heterocycles. The number of aromatic nitrogens is 2. The molecule has 0 atom stereocenters. The van der Waals surface area contributed by atoms with E-state index in [-0.39, 0.29) is 5.56 Å². The molecule has 0 radical (unpaired) electrons. The van der Waals surface area contributed by atoms with E-state index in [9.17, 15) is 4.79 Å². The fraction of sp³-hybridized carbons (Fsp3) is 0.417. The van der Waals surface area contributed by atoms with Crippen LogP contribution in [0.25, 0.3) is 10.9 Å². The third kappa shape index (κ3) is 1.23. The van der Waals surface area contributed by atoms with Crippen LogP contribution in [0.1, 0.15) is 19.3 Å². The number of hydrogen-bond donors (Lipinski definition) is 0. The molecule has 3 rings (SSSR count). The summed E-state index contributed by atoms with van der Waals surface area (Å²) >= 11 is 0. The third-order valence-electron chi connectivity index (χ3n) is 3.18. The molecule has 2 aromatic rings. The van der Waals surface area contributed by atoms with E-state index >= 15 is 0 Å². The highest BCUT2D eigenvalue weighted by Gasteiger charge is 2.13. The van der Waals surface area contributed by atoms with Gasteiger partial charge in [0.05, 0.1) is 10.9 Å². The third-order valence-corrected chi connectivity index (χ3v) is 3.18. The van der Waals surface area contributed by atoms with Crippen LogP contribution in [0, 0.1) is 0 Å². The minimum absolute atomic E-state index is 0.174. The highest BCUT2D eigenvalue weighted by atomic mass is 16.1. The van der Waals surface area contributed by atoms with Gasteiger partial charge in [-0.05, 0) is 31.4 Å². The van der Waals surface area contributed by atoms with Crippen molar-refractivity contribution in [3.63, 3.8) is 0 Å². The Morgan fingerprint density at radius 2 is 1.67 bits per heavy atom. The minimum Gasteiger partial charge on any atom is -0.282 e. The predicted molar refractivity (Wildman–Crippen MR) is 60.0 cm³/mol. The molecule has 0 unspecified atom stereocenters. The maximum absolute atomic E-state index is 12.1. The van der Waals surface area contributed by atoms with Crippen molar-refractivity contribution >= 4 is 10.9 Å². The zero-order valence-corrected chi connectivity index (χ0v) is 8.65. The Morgan fingerprint density at radius 3 is 2.53 bits per heavy atom. The zero-order valence-electron chi connectivity index (χ0n) is 8.65. The number of hydrogen-bond acceptors (Lipinski definition) is 1. The molecule has 0 spiro atoms. The van der Waals surface area contributed by atoms with Crippen molar-refractivity contribution in [1.29, 1.82) is 0 Å². The number of aryl methyl sites for hydroxylation is 1. The second kappa shape index (κ2) is 3.26. The number of fused-ring (bicyclic) bond motifs is 3. The molecule has 78 valence electrons. The van der Waals surface area contributed by atoms with E-state index in [1.54, 1.807) is 0 Å². The van der Waals surface area contributed by atoms with Crippen LogP contribution in [0.4, 0.5) is 0 Å². The molecule has 0 bridgehead atoms. The van der Waals surface area contributed by atoms with E-state index in [1.165, 1.54) is 12.8 Å². The lowest BCUT2D eigenvalue weighted by atomic mass is 10.2. The fourth-order valence-electron chi connectivity index (χ4n) is 2.42. The quantitative estimate of drug-likeness (QED) is 0.641. The summed E-state index contributed by atoms with van der Waals surface area (Å²) in [5, 5.41) is 0.861. The first-order valence-corrected chi connectivity index (χ1v) is 5.56. The SMILES string of the molecule is O=c1c2ccccc2n2n1CCCCC2. The maximum Gasteiger partial charge on any atom is 0.274 e. The van der Waals surface area contributed by atoms with E-state index in [1.807, 2.05) is 28.9 Å². The number of rotatable bonds is 0. The van der Waals surface area contributed by atoms with Crippen LogP contribution in [0.2, 0.25) is 0 Å². The summed E-state index contributed by atoms with van der Waals surface area (Å²) in [5.74, 6) is 0. The smallest absolute Gasteiger partial charge is 0.274 e. The molecule has 0 amide bonds. The van der Waals surface area contributed by atoms with Crippen LogP contribution in [0.15, 0.2) is 29.1 Å². The number of nitrogens with zero attached hydrogens (tertiary/aromatic N) is 2. The van der Waals surface area contributed by atoms with Gasteiger partial charge in [0, 0.05) is 13.1 Å². The van der Waals surface area contributed by atoms with Crippen molar-refractivity contribution in [3.8, 4) is 0 Å². The van der Waals surface area contributed by atoms with Crippen molar-refractivity contribution < 1.29 is 0 Å². The average Bonchev–Trinajstić information content (AvgIpc) is 2.48. The molecule has 1 aliphatic rings. The molecule has 0 saturated carbocycles. The lowest BCUT2D eigenvalue weighted by Gasteiger charge is -2.06. The average molecular weight is 202 g/mol. The molecular weight excluding hydrogens is 188 g/mol. The fourth-order valence-corrected chi connectivity index (χ4v) is 2.42. The van der Waals surface area contributed by atoms with E-state index in [0.29, 0.717) is 0 Å². The van der Waals surface area contributed by atoms with Crippen LogP contribution in [-0.2, 0) is 13.1 Å². The van der Waals surface area contributed by atoms with E-state index in [0.717, 1.165) is 30.4 Å². The summed E-state index contributed by atoms with van der Waals surface area (Å²) in [5.41, 5.74) is 1.26. The van der Waals surface area contributed by atoms with Gasteiger partial charge in [0.1, 0.15) is 0 Å². The molecule has 3 heteroatoms. The summed E-state index contributed by atoms with van der Waals surface area (Å²) in [6, 6.07) is 7.90. The maximum atomic E-state index is 12.1. The van der Waals surface area contributed by atoms with Gasteiger partial charge >= 0.3 is 0 Å². The van der Waals surface area contributed by atoms with Gasteiger partial charge in [-0.2, -0.15) is 0 Å². The lowest BCUT2D eigenvalue weighted by molar-refractivity contribution is 0.490. The molecule has 15 heavy (non-hydrogen) atoms. The summed E-state index contributed by atoms with van der Waals surface area (Å²) in [4.78, 5) is 12.1. The first kappa shape index (κ1) is 8.77. The largest absolute Gasteiger partial charge is 0.282 e. The Hall–Kier alpha value is -1.51. The summed E-state index contributed by atoms with van der Waals surface area (Å²) in [7, 11) is 0. The topological polar surface area (TPSA) is 26.9 Å². The van der Waals surface area contributed by atoms with Crippen LogP contribution in [0.5, 0.6) is 0 Å². The Bertz CT molecular complexity index is 550. The summed E-state index contributed by atoms with van der Waals surface area (Å²) in [6.07, 6.45) is 3.52. The van der Waals surface area contributed by atoms with Crippen LogP contribution in [0.3, 0.4) is 0 Å². The van der Waals surface area contributed by atoms with E-state index in [2.05, 4.69) is 4.68 Å². The van der Waals surface area contributed by atoms with Crippen LogP contribution in [-0.4, -0.2) is 9.36 Å². The first-order chi connectivity index (χ1) is 7.38. The summed E-state index contributed by atoms with van der Waals surface area (Å²) < 4.78 is 4.04. The standard InChI is InChI=1S/C12H14N2O/c15-12-10-6-2-3-7-11(10)13-8-4-1-5-9-14(12)13/h2-3,6-7H,1,4-5,8-9H2. The van der Waals surface area contributed by atoms with Crippen molar-refractivity contribution in [2.45, 2.75) is 32.4 Å². The zero-order chi connectivity index (χ0) is 10.3. The van der Waals surface area contributed by atoms with Crippen LogP contribution < -0.4 is 5.56 Å². The predicted octanol–water partition coefficient (Wildman–Crippen LogP) is 1.99. The normalized spacial score (nSPS) is 16.3. The van der Waals surface area contributed by atoms with Gasteiger partial charge in [-0.25, -0.2) is 4.68 Å². The Morgan fingerprint density at radius 1 is 0.933 bits per heavy atom. The minimum atomic E-state index is 0.174. The van der Waals surface area contributed by atoms with Crippen molar-refractivity contribution in [2.75, 3.05) is 0 Å². The van der Waals surface area contributed by atoms with Crippen molar-refractivity contribution in [1.82, 2.24) is 9.36 Å². The molecule has 0 fully saturated rings. The van der Waals surface area contributed by atoms with E-state index < -0.39 is 0 Å². The van der Waals surface area contributed by atoms with Gasteiger partial charge in [0.2, 0.25) is 0 Å². The Kier molecular flexibility index (Phi) is 1.91. The Labute approximate surface area is 87.9 Å². The number of benzene rings is 1. The molecular formula is C12H14N2O. The van der Waals surface area contributed by atoms with Gasteiger partial charge in [-0.3, -0.25) is 9.48 Å². The lowest BCUT2D eigenvalue weighted by Crippen LogP contribution is -2.21. The highest BCUT2D eigenvalue weighted by Crippen LogP contribution is 2.15. The molecule has 3 nitrogen and oxygen atoms in total. The van der Waals surface area contributed by atoms with Crippen molar-refractivity contribution in [2.24, 2.45) is 0 Å². The number of para-hydroxylation sites is 1. The highest BCUT2D eigenvalue weighted by molar-refractivity contribution is 5.78. The van der Waals surface area contributed by atoms with Gasteiger partial charge in [0.25, 0.3) is 5.56 Å². The van der Waals surface area contributed by atoms with Crippen LogP contribution >= 0.6 is 0 Å². The van der Waals surface area contributed by atoms with Crippen molar-refractivity contribution in [3.05, 3.63) is 34.6 Å². The van der Waals surface area contributed by atoms with Gasteiger partial charge in [-0.15, -0.1) is 0 Å². The van der Waals surface area contributed by atoms with Gasteiger partial charge in [-0.1, -0.05) is 12.1 Å².